The molecule has 2 aromatic heterocycles. The van der Waals surface area contributed by atoms with Crippen molar-refractivity contribution < 1.29 is 17.6 Å². The average molecular weight is 436 g/mol. The molecule has 12 heteroatoms. The summed E-state index contributed by atoms with van der Waals surface area (Å²) in [6.07, 6.45) is 3.94. The van der Waals surface area contributed by atoms with Gasteiger partial charge < -0.3 is 10.3 Å². The van der Waals surface area contributed by atoms with Crippen molar-refractivity contribution in [1.82, 2.24) is 24.1 Å². The molecule has 1 saturated heterocycles. The van der Waals surface area contributed by atoms with E-state index in [2.05, 4.69) is 20.4 Å². The van der Waals surface area contributed by atoms with E-state index >= 15 is 0 Å². The number of nitrogens with zero attached hydrogens (tertiary/aromatic N) is 4. The molecule has 3 heterocycles. The van der Waals surface area contributed by atoms with Crippen molar-refractivity contribution in [3.8, 4) is 5.69 Å². The first-order valence-corrected chi connectivity index (χ1v) is 11.3. The van der Waals surface area contributed by atoms with Crippen molar-refractivity contribution in [2.45, 2.75) is 4.90 Å². The Morgan fingerprint density at radius 1 is 1.24 bits per heavy atom. The predicted octanol–water partition coefficient (Wildman–Crippen LogP) is 1.72. The Labute approximate surface area is 170 Å². The number of carbonyl (C=O) groups excluding carboxylic acids is 1. The van der Waals surface area contributed by atoms with Crippen molar-refractivity contribution in [2.24, 2.45) is 0 Å². The molecule has 9 nitrogen and oxygen atoms in total. The van der Waals surface area contributed by atoms with E-state index in [4.69, 9.17) is 0 Å². The Hall–Kier alpha value is -2.70. The van der Waals surface area contributed by atoms with Gasteiger partial charge in [0.2, 0.25) is 10.0 Å². The summed E-state index contributed by atoms with van der Waals surface area (Å²) in [6.45, 7) is 0.883. The van der Waals surface area contributed by atoms with Crippen LogP contribution in [-0.4, -0.2) is 63.0 Å². The number of benzene rings is 1. The first-order valence-electron chi connectivity index (χ1n) is 8.67. The summed E-state index contributed by atoms with van der Waals surface area (Å²) in [7, 11) is -3.65. The number of aromatic nitrogens is 4. The topological polar surface area (TPSA) is 113 Å². The first-order chi connectivity index (χ1) is 13.9. The Balaban J connectivity index is 1.49. The molecule has 4 rings (SSSR count). The van der Waals surface area contributed by atoms with Gasteiger partial charge in [-0.3, -0.25) is 4.79 Å². The van der Waals surface area contributed by atoms with Crippen molar-refractivity contribution in [3.05, 3.63) is 54.6 Å². The summed E-state index contributed by atoms with van der Waals surface area (Å²) in [4.78, 5) is 18.9. The minimum Gasteiger partial charge on any atom is -0.356 e. The quantitative estimate of drug-likeness (QED) is 0.630. The summed E-state index contributed by atoms with van der Waals surface area (Å²) in [5, 5.41) is 6.41. The summed E-state index contributed by atoms with van der Waals surface area (Å²) in [5.41, 5.74) is 0.479. The van der Waals surface area contributed by atoms with Crippen molar-refractivity contribution in [1.29, 1.82) is 0 Å². The minimum absolute atomic E-state index is 0.0299. The highest BCUT2D eigenvalue weighted by Crippen LogP contribution is 2.22. The van der Waals surface area contributed by atoms with Crippen LogP contribution in [0.25, 0.3) is 5.69 Å². The summed E-state index contributed by atoms with van der Waals surface area (Å²) in [5.74, 6) is 0.319. The molecule has 29 heavy (non-hydrogen) atoms. The molecule has 0 radical (unpaired) electrons. The maximum Gasteiger partial charge on any atom is 0.272 e. The zero-order chi connectivity index (χ0) is 20.4. The summed E-state index contributed by atoms with van der Waals surface area (Å²) < 4.78 is 42.3. The lowest BCUT2D eigenvalue weighted by Crippen LogP contribution is -2.37. The Bertz CT molecular complexity index is 1120. The predicted molar refractivity (Wildman–Crippen MR) is 106 cm³/mol. The van der Waals surface area contributed by atoms with Crippen molar-refractivity contribution in [2.75, 3.05) is 29.9 Å². The lowest BCUT2D eigenvalue weighted by Gasteiger charge is -2.24. The van der Waals surface area contributed by atoms with Crippen LogP contribution in [0.3, 0.4) is 0 Å². The van der Waals surface area contributed by atoms with Gasteiger partial charge >= 0.3 is 0 Å². The fraction of sp³-hybridized carbons (Fsp3) is 0.235. The number of H-pyrrole nitrogens is 1. The van der Waals surface area contributed by atoms with E-state index in [1.165, 1.54) is 46.0 Å². The second-order valence-electron chi connectivity index (χ2n) is 6.23. The van der Waals surface area contributed by atoms with E-state index in [0.717, 1.165) is 17.6 Å². The van der Waals surface area contributed by atoms with Gasteiger partial charge in [-0.05, 0) is 24.3 Å². The third-order valence-corrected chi connectivity index (χ3v) is 7.20. The van der Waals surface area contributed by atoms with Gasteiger partial charge in [0, 0.05) is 36.5 Å². The SMILES string of the molecule is O=C(Nc1ccc(-n2cncn2)c(F)c1)c1cc(S(=O)(=O)N2CCSCC2)c[nH]1. The molecule has 1 aliphatic rings. The van der Waals surface area contributed by atoms with Gasteiger partial charge in [-0.15, -0.1) is 0 Å². The Kier molecular flexibility index (Phi) is 5.39. The number of halogens is 1. The normalized spacial score (nSPS) is 15.3. The monoisotopic (exact) mass is 436 g/mol. The maximum atomic E-state index is 14.3. The van der Waals surface area contributed by atoms with Crippen LogP contribution in [0.1, 0.15) is 10.5 Å². The van der Waals surface area contributed by atoms with Crippen LogP contribution >= 0.6 is 11.8 Å². The molecule has 1 fully saturated rings. The standard InChI is InChI=1S/C17H17FN6O3S2/c18-14-7-12(1-2-16(14)24-11-19-10-21-24)22-17(25)15-8-13(9-20-15)29(26,27)23-3-5-28-6-4-23/h1-2,7-11,20H,3-6H2,(H,22,25). The minimum atomic E-state index is -3.65. The van der Waals surface area contributed by atoms with Gasteiger partial charge in [-0.2, -0.15) is 21.2 Å². The van der Waals surface area contributed by atoms with Crippen LogP contribution in [0, 0.1) is 5.82 Å². The van der Waals surface area contributed by atoms with E-state index in [-0.39, 0.29) is 22.0 Å². The molecule has 0 aliphatic carbocycles. The Morgan fingerprint density at radius 3 is 2.72 bits per heavy atom. The third-order valence-electron chi connectivity index (χ3n) is 4.38. The molecule has 0 atom stereocenters. The van der Waals surface area contributed by atoms with Crippen LogP contribution < -0.4 is 5.32 Å². The van der Waals surface area contributed by atoms with Gasteiger partial charge in [0.15, 0.2) is 5.82 Å². The lowest BCUT2D eigenvalue weighted by molar-refractivity contribution is 0.102. The van der Waals surface area contributed by atoms with E-state index in [1.54, 1.807) is 11.8 Å². The van der Waals surface area contributed by atoms with Crippen LogP contribution in [0.5, 0.6) is 0 Å². The number of hydrogen-bond donors (Lipinski definition) is 2. The fourth-order valence-electron chi connectivity index (χ4n) is 2.89. The number of hydrogen-bond acceptors (Lipinski definition) is 6. The van der Waals surface area contributed by atoms with E-state index in [1.807, 2.05) is 0 Å². The van der Waals surface area contributed by atoms with E-state index in [0.29, 0.717) is 13.1 Å². The number of amides is 1. The zero-order valence-electron chi connectivity index (χ0n) is 15.1. The van der Waals surface area contributed by atoms with Gasteiger partial charge in [-0.1, -0.05) is 0 Å². The number of sulfonamides is 1. The lowest BCUT2D eigenvalue weighted by atomic mass is 10.2. The second kappa shape index (κ2) is 7.97. The van der Waals surface area contributed by atoms with Crippen molar-refractivity contribution in [3.63, 3.8) is 0 Å². The molecular weight excluding hydrogens is 419 g/mol. The van der Waals surface area contributed by atoms with Crippen LogP contribution in [0.4, 0.5) is 10.1 Å². The maximum absolute atomic E-state index is 14.3. The van der Waals surface area contributed by atoms with E-state index in [9.17, 15) is 17.6 Å². The van der Waals surface area contributed by atoms with Gasteiger partial charge in [0.1, 0.15) is 28.9 Å². The van der Waals surface area contributed by atoms with E-state index < -0.39 is 21.7 Å². The first kappa shape index (κ1) is 19.6. The highest BCUT2D eigenvalue weighted by atomic mass is 32.2. The zero-order valence-corrected chi connectivity index (χ0v) is 16.7. The number of nitrogens with one attached hydrogen (secondary N) is 2. The molecular formula is C17H17FN6O3S2. The van der Waals surface area contributed by atoms with Crippen LogP contribution in [0.15, 0.2) is 48.0 Å². The molecule has 0 unspecified atom stereocenters. The molecule has 3 aromatic rings. The highest BCUT2D eigenvalue weighted by molar-refractivity contribution is 7.99. The molecule has 1 aliphatic heterocycles. The smallest absolute Gasteiger partial charge is 0.272 e. The number of carbonyl (C=O) groups is 1. The second-order valence-corrected chi connectivity index (χ2v) is 9.39. The molecule has 0 saturated carbocycles. The molecule has 1 amide bonds. The summed E-state index contributed by atoms with van der Waals surface area (Å²) in [6, 6.07) is 5.41. The number of thioether (sulfide) groups is 1. The molecule has 2 N–H and O–H groups in total. The number of anilines is 1. The summed E-state index contributed by atoms with van der Waals surface area (Å²) >= 11 is 1.70. The number of aromatic amines is 1. The largest absolute Gasteiger partial charge is 0.356 e. The van der Waals surface area contributed by atoms with Crippen LogP contribution in [0.2, 0.25) is 0 Å². The van der Waals surface area contributed by atoms with Gasteiger partial charge in [0.05, 0.1) is 0 Å². The molecule has 0 spiro atoms. The molecule has 152 valence electrons. The Morgan fingerprint density at radius 2 is 2.03 bits per heavy atom. The van der Waals surface area contributed by atoms with Crippen LogP contribution in [-0.2, 0) is 10.0 Å². The molecule has 1 aromatic carbocycles. The molecule has 0 bridgehead atoms. The fourth-order valence-corrected chi connectivity index (χ4v) is 5.46. The number of rotatable bonds is 5. The van der Waals surface area contributed by atoms with Crippen molar-refractivity contribution >= 4 is 33.4 Å². The third kappa shape index (κ3) is 4.04. The highest BCUT2D eigenvalue weighted by Gasteiger charge is 2.27. The van der Waals surface area contributed by atoms with Gasteiger partial charge in [-0.25, -0.2) is 22.5 Å². The van der Waals surface area contributed by atoms with Gasteiger partial charge in [0.25, 0.3) is 5.91 Å². The average Bonchev–Trinajstić information content (AvgIpc) is 3.41.